The lowest BCUT2D eigenvalue weighted by Gasteiger charge is -2.31. The molecule has 1 fully saturated rings. The molecule has 0 bridgehead atoms. The van der Waals surface area contributed by atoms with Crippen molar-refractivity contribution in [2.45, 2.75) is 58.0 Å². The number of benzene rings is 1. The summed E-state index contributed by atoms with van der Waals surface area (Å²) < 4.78 is 7.64. The molecule has 1 aromatic carbocycles. The van der Waals surface area contributed by atoms with E-state index in [0.717, 1.165) is 32.5 Å². The van der Waals surface area contributed by atoms with Gasteiger partial charge in [0.15, 0.2) is 0 Å². The van der Waals surface area contributed by atoms with E-state index in [1.54, 1.807) is 0 Å². The number of nitrogens with one attached hydrogen (secondary N) is 1. The van der Waals surface area contributed by atoms with Crippen molar-refractivity contribution < 1.29 is 4.74 Å². The van der Waals surface area contributed by atoms with E-state index < -0.39 is 0 Å². The summed E-state index contributed by atoms with van der Waals surface area (Å²) in [6, 6.07) is 7.65. The van der Waals surface area contributed by atoms with Gasteiger partial charge in [-0.25, -0.2) is 4.68 Å². The largest absolute Gasteiger partial charge is 0.381 e. The lowest BCUT2D eigenvalue weighted by molar-refractivity contribution is 0.0741. The molecule has 1 aliphatic carbocycles. The first-order chi connectivity index (χ1) is 11.7. The average molecular weight is 325 g/mol. The minimum Gasteiger partial charge on any atom is -0.381 e. The predicted octanol–water partition coefficient (Wildman–Crippen LogP) is 3.64. The molecule has 2 aromatic rings. The van der Waals surface area contributed by atoms with E-state index >= 15 is 0 Å². The molecule has 0 spiro atoms. The maximum atomic E-state index is 5.48. The van der Waals surface area contributed by atoms with Crippen molar-refractivity contribution in [3.8, 4) is 5.69 Å². The van der Waals surface area contributed by atoms with Gasteiger partial charge >= 0.3 is 0 Å². The summed E-state index contributed by atoms with van der Waals surface area (Å²) in [6.07, 6.45) is 7.89. The van der Waals surface area contributed by atoms with E-state index in [-0.39, 0.29) is 0 Å². The van der Waals surface area contributed by atoms with Crippen LogP contribution in [0.2, 0.25) is 0 Å². The quantitative estimate of drug-likeness (QED) is 0.936. The number of aryl methyl sites for hydroxylation is 2. The van der Waals surface area contributed by atoms with E-state index in [1.807, 2.05) is 0 Å². The number of hydrogen-bond acceptors (Lipinski definition) is 3. The van der Waals surface area contributed by atoms with Gasteiger partial charge in [0.1, 0.15) is 0 Å². The van der Waals surface area contributed by atoms with Crippen LogP contribution in [-0.4, -0.2) is 29.0 Å². The smallest absolute Gasteiger partial charge is 0.0651 e. The fourth-order valence-corrected chi connectivity index (χ4v) is 3.96. The first-order valence-electron chi connectivity index (χ1n) is 9.20. The van der Waals surface area contributed by atoms with Gasteiger partial charge in [-0.15, -0.1) is 0 Å². The van der Waals surface area contributed by atoms with Gasteiger partial charge in [0, 0.05) is 36.6 Å². The highest BCUT2D eigenvalue weighted by molar-refractivity contribution is 5.42. The van der Waals surface area contributed by atoms with Crippen LogP contribution in [0.15, 0.2) is 24.4 Å². The van der Waals surface area contributed by atoms with Crippen LogP contribution < -0.4 is 5.32 Å². The maximum absolute atomic E-state index is 5.48. The molecule has 1 aliphatic heterocycles. The third-order valence-electron chi connectivity index (χ3n) is 5.58. The number of rotatable bonds is 3. The highest BCUT2D eigenvalue weighted by Crippen LogP contribution is 2.32. The summed E-state index contributed by atoms with van der Waals surface area (Å²) in [4.78, 5) is 0. The molecule has 0 radical (unpaired) electrons. The third kappa shape index (κ3) is 3.01. The van der Waals surface area contributed by atoms with Crippen LogP contribution in [0.25, 0.3) is 5.69 Å². The van der Waals surface area contributed by atoms with E-state index in [0.29, 0.717) is 12.1 Å². The standard InChI is InChI=1S/C20H27N3O/c1-14-6-7-17(12-15(14)2)23-20-5-3-4-19(18(20)13-21-23)22-16-8-10-24-11-9-16/h6-7,12-13,16,19,22H,3-5,8-11H2,1-2H3/t19-/m1/s1. The van der Waals surface area contributed by atoms with Crippen molar-refractivity contribution in [3.63, 3.8) is 0 Å². The molecule has 1 saturated heterocycles. The molecule has 0 unspecified atom stereocenters. The Morgan fingerprint density at radius 3 is 2.75 bits per heavy atom. The Balaban J connectivity index is 1.60. The van der Waals surface area contributed by atoms with Crippen molar-refractivity contribution in [1.82, 2.24) is 15.1 Å². The molecule has 1 aromatic heterocycles. The molecule has 4 nitrogen and oxygen atoms in total. The Morgan fingerprint density at radius 2 is 1.96 bits per heavy atom. The van der Waals surface area contributed by atoms with Gasteiger partial charge in [0.05, 0.1) is 11.9 Å². The monoisotopic (exact) mass is 325 g/mol. The average Bonchev–Trinajstić information content (AvgIpc) is 3.03. The highest BCUT2D eigenvalue weighted by atomic mass is 16.5. The zero-order valence-electron chi connectivity index (χ0n) is 14.7. The summed E-state index contributed by atoms with van der Waals surface area (Å²) in [5, 5.41) is 8.60. The van der Waals surface area contributed by atoms with Gasteiger partial charge in [-0.3, -0.25) is 0 Å². The fraction of sp³-hybridized carbons (Fsp3) is 0.550. The second kappa shape index (κ2) is 6.69. The van der Waals surface area contributed by atoms with Crippen LogP contribution >= 0.6 is 0 Å². The molecule has 128 valence electrons. The normalized spacial score (nSPS) is 21.7. The second-order valence-corrected chi connectivity index (χ2v) is 7.23. The van der Waals surface area contributed by atoms with Crippen molar-refractivity contribution in [1.29, 1.82) is 0 Å². The SMILES string of the molecule is Cc1ccc(-n2ncc3c2CCC[C@H]3NC2CCOCC2)cc1C. The topological polar surface area (TPSA) is 39.1 Å². The second-order valence-electron chi connectivity index (χ2n) is 7.23. The number of nitrogens with zero attached hydrogens (tertiary/aromatic N) is 2. The van der Waals surface area contributed by atoms with Crippen LogP contribution in [0, 0.1) is 13.8 Å². The first kappa shape index (κ1) is 15.9. The third-order valence-corrected chi connectivity index (χ3v) is 5.58. The van der Waals surface area contributed by atoms with Gasteiger partial charge in [-0.2, -0.15) is 5.10 Å². The number of aromatic nitrogens is 2. The summed E-state index contributed by atoms with van der Waals surface area (Å²) in [7, 11) is 0. The summed E-state index contributed by atoms with van der Waals surface area (Å²) >= 11 is 0. The molecular formula is C20H27N3O. The molecule has 24 heavy (non-hydrogen) atoms. The minimum atomic E-state index is 0.442. The Kier molecular flexibility index (Phi) is 4.42. The van der Waals surface area contributed by atoms with Gasteiger partial charge in [-0.1, -0.05) is 6.07 Å². The van der Waals surface area contributed by atoms with Crippen molar-refractivity contribution in [2.24, 2.45) is 0 Å². The van der Waals surface area contributed by atoms with Crippen molar-refractivity contribution in [3.05, 3.63) is 46.8 Å². The summed E-state index contributed by atoms with van der Waals surface area (Å²) in [5.74, 6) is 0. The van der Waals surface area contributed by atoms with Gasteiger partial charge < -0.3 is 10.1 Å². The van der Waals surface area contributed by atoms with Crippen LogP contribution in [-0.2, 0) is 11.2 Å². The number of hydrogen-bond donors (Lipinski definition) is 1. The zero-order valence-corrected chi connectivity index (χ0v) is 14.7. The molecule has 1 atom stereocenters. The Morgan fingerprint density at radius 1 is 1.12 bits per heavy atom. The van der Waals surface area contributed by atoms with Crippen molar-refractivity contribution in [2.75, 3.05) is 13.2 Å². The van der Waals surface area contributed by atoms with Gasteiger partial charge in [0.2, 0.25) is 0 Å². The van der Waals surface area contributed by atoms with E-state index in [4.69, 9.17) is 9.84 Å². The van der Waals surface area contributed by atoms with Gasteiger partial charge in [0.25, 0.3) is 0 Å². The highest BCUT2D eigenvalue weighted by Gasteiger charge is 2.27. The number of ether oxygens (including phenoxy) is 1. The van der Waals surface area contributed by atoms with Crippen LogP contribution in [0.3, 0.4) is 0 Å². The molecule has 1 N–H and O–H groups in total. The van der Waals surface area contributed by atoms with E-state index in [2.05, 4.69) is 48.2 Å². The van der Waals surface area contributed by atoms with E-state index in [9.17, 15) is 0 Å². The Hall–Kier alpha value is -1.65. The lowest BCUT2D eigenvalue weighted by atomic mass is 9.91. The zero-order chi connectivity index (χ0) is 16.5. The summed E-state index contributed by atoms with van der Waals surface area (Å²) in [6.45, 7) is 6.11. The minimum absolute atomic E-state index is 0.442. The molecule has 0 amide bonds. The summed E-state index contributed by atoms with van der Waals surface area (Å²) in [5.41, 5.74) is 6.62. The number of fused-ring (bicyclic) bond motifs is 1. The lowest BCUT2D eigenvalue weighted by Crippen LogP contribution is -2.38. The van der Waals surface area contributed by atoms with Crippen LogP contribution in [0.5, 0.6) is 0 Å². The molecule has 2 heterocycles. The molecule has 4 heteroatoms. The molecular weight excluding hydrogens is 298 g/mol. The van der Waals surface area contributed by atoms with Crippen LogP contribution in [0.1, 0.15) is 54.1 Å². The molecule has 2 aliphatic rings. The Bertz CT molecular complexity index is 716. The fourth-order valence-electron chi connectivity index (χ4n) is 3.96. The van der Waals surface area contributed by atoms with Crippen LogP contribution in [0.4, 0.5) is 0 Å². The van der Waals surface area contributed by atoms with Crippen molar-refractivity contribution >= 4 is 0 Å². The first-order valence-corrected chi connectivity index (χ1v) is 9.20. The predicted molar refractivity (Wildman–Crippen MR) is 95.7 cm³/mol. The molecule has 0 saturated carbocycles. The maximum Gasteiger partial charge on any atom is 0.0651 e. The molecule has 4 rings (SSSR count). The van der Waals surface area contributed by atoms with Gasteiger partial charge in [-0.05, 0) is 69.2 Å². The Labute approximate surface area is 144 Å². The van der Waals surface area contributed by atoms with E-state index in [1.165, 1.54) is 40.9 Å².